The van der Waals surface area contributed by atoms with Gasteiger partial charge >= 0.3 is 0 Å². The molecule has 0 fully saturated rings. The Bertz CT molecular complexity index is 348. The van der Waals surface area contributed by atoms with Crippen LogP contribution in [-0.2, 0) is 4.74 Å². The highest BCUT2D eigenvalue weighted by Gasteiger charge is 2.15. The normalized spacial score (nSPS) is 12.9. The molecule has 0 heterocycles. The Morgan fingerprint density at radius 3 is 2.36 bits per heavy atom. The van der Waals surface area contributed by atoms with Crippen LogP contribution >= 0.6 is 11.6 Å². The van der Waals surface area contributed by atoms with Gasteiger partial charge in [0.05, 0.1) is 0 Å². The number of hydrogen-bond donors (Lipinski definition) is 1. The predicted molar refractivity (Wildman–Crippen MR) is 57.9 cm³/mol. The largest absolute Gasteiger partial charge is 0.507 e. The molecular weight excluding hydrogens is 200 g/mol. The molecule has 2 nitrogen and oxygen atoms in total. The summed E-state index contributed by atoms with van der Waals surface area (Å²) >= 11 is 5.96. The summed E-state index contributed by atoms with van der Waals surface area (Å²) in [6.45, 7) is 5.67. The van der Waals surface area contributed by atoms with Crippen LogP contribution in [0.5, 0.6) is 5.75 Å². The van der Waals surface area contributed by atoms with Gasteiger partial charge in [0, 0.05) is 12.7 Å². The predicted octanol–water partition coefficient (Wildman–Crippen LogP) is 3.20. The molecule has 1 aromatic carbocycles. The summed E-state index contributed by atoms with van der Waals surface area (Å²) in [6, 6.07) is 1.95. The second-order valence-electron chi connectivity index (χ2n) is 3.43. The van der Waals surface area contributed by atoms with Crippen LogP contribution in [0.3, 0.4) is 0 Å². The molecule has 0 bridgehead atoms. The van der Waals surface area contributed by atoms with Crippen LogP contribution in [0.25, 0.3) is 0 Å². The molecule has 0 saturated heterocycles. The Hall–Kier alpha value is -0.730. The van der Waals surface area contributed by atoms with E-state index < -0.39 is 5.56 Å². The van der Waals surface area contributed by atoms with Crippen LogP contribution in [0.4, 0.5) is 0 Å². The van der Waals surface area contributed by atoms with Crippen molar-refractivity contribution in [2.45, 2.75) is 26.3 Å². The van der Waals surface area contributed by atoms with Crippen molar-refractivity contribution in [3.8, 4) is 5.75 Å². The van der Waals surface area contributed by atoms with Crippen molar-refractivity contribution in [1.29, 1.82) is 0 Å². The third-order valence-electron chi connectivity index (χ3n) is 2.56. The number of aryl methyl sites for hydroxylation is 1. The van der Waals surface area contributed by atoms with E-state index in [1.807, 2.05) is 26.8 Å². The fourth-order valence-corrected chi connectivity index (χ4v) is 1.64. The Balaban J connectivity index is 3.33. The maximum absolute atomic E-state index is 9.80. The van der Waals surface area contributed by atoms with Crippen molar-refractivity contribution < 1.29 is 9.84 Å². The van der Waals surface area contributed by atoms with Crippen molar-refractivity contribution in [3.05, 3.63) is 28.3 Å². The first kappa shape index (κ1) is 11.3. The van der Waals surface area contributed by atoms with E-state index in [4.69, 9.17) is 16.3 Å². The number of ether oxygens (including phenoxy) is 1. The molecule has 1 atom stereocenters. The van der Waals surface area contributed by atoms with Gasteiger partial charge in [0.25, 0.3) is 0 Å². The fourth-order valence-electron chi connectivity index (χ4n) is 1.42. The van der Waals surface area contributed by atoms with E-state index in [2.05, 4.69) is 0 Å². The molecule has 0 aromatic heterocycles. The number of phenolic OH excluding ortho intramolecular Hbond substituents is 1. The Morgan fingerprint density at radius 1 is 1.29 bits per heavy atom. The molecule has 14 heavy (non-hydrogen) atoms. The first-order chi connectivity index (χ1) is 6.49. The second kappa shape index (κ2) is 4.20. The standard InChI is InChI=1S/C11H15ClO2/c1-6-5-9(11(12)14-4)8(3)10(13)7(6)2/h5,11,13H,1-4H3. The number of methoxy groups -OCH3 is 1. The summed E-state index contributed by atoms with van der Waals surface area (Å²) in [4.78, 5) is 0. The molecule has 3 heteroatoms. The molecular formula is C11H15ClO2. The summed E-state index contributed by atoms with van der Waals surface area (Å²) in [7, 11) is 1.54. The van der Waals surface area contributed by atoms with Gasteiger partial charge in [-0.25, -0.2) is 0 Å². The van der Waals surface area contributed by atoms with Crippen LogP contribution < -0.4 is 0 Å². The zero-order chi connectivity index (χ0) is 10.9. The highest BCUT2D eigenvalue weighted by Crippen LogP contribution is 2.33. The molecule has 0 aliphatic heterocycles. The molecule has 0 spiro atoms. The van der Waals surface area contributed by atoms with E-state index in [0.717, 1.165) is 22.3 Å². The third-order valence-corrected chi connectivity index (χ3v) is 2.97. The lowest BCUT2D eigenvalue weighted by Gasteiger charge is -2.15. The zero-order valence-corrected chi connectivity index (χ0v) is 9.64. The van der Waals surface area contributed by atoms with Crippen molar-refractivity contribution in [2.24, 2.45) is 0 Å². The minimum Gasteiger partial charge on any atom is -0.507 e. The van der Waals surface area contributed by atoms with Gasteiger partial charge in [-0.15, -0.1) is 0 Å². The minimum absolute atomic E-state index is 0.308. The molecule has 0 aliphatic carbocycles. The van der Waals surface area contributed by atoms with Crippen molar-refractivity contribution >= 4 is 11.6 Å². The Morgan fingerprint density at radius 2 is 1.86 bits per heavy atom. The molecule has 0 amide bonds. The average molecular weight is 215 g/mol. The van der Waals surface area contributed by atoms with Gasteiger partial charge in [-0.05, 0) is 37.5 Å². The Kier molecular flexibility index (Phi) is 3.40. The second-order valence-corrected chi connectivity index (χ2v) is 3.83. The van der Waals surface area contributed by atoms with Crippen molar-refractivity contribution in [1.82, 2.24) is 0 Å². The minimum atomic E-state index is -0.500. The summed E-state index contributed by atoms with van der Waals surface area (Å²) < 4.78 is 5.02. The van der Waals surface area contributed by atoms with E-state index in [9.17, 15) is 5.11 Å². The van der Waals surface area contributed by atoms with Crippen molar-refractivity contribution in [3.63, 3.8) is 0 Å². The van der Waals surface area contributed by atoms with Gasteiger partial charge in [-0.3, -0.25) is 0 Å². The number of benzene rings is 1. The molecule has 0 saturated carbocycles. The summed E-state index contributed by atoms with van der Waals surface area (Å²) in [5.41, 5.74) is 3.03. The van der Waals surface area contributed by atoms with Crippen LogP contribution in [0.15, 0.2) is 6.07 Å². The number of phenols is 1. The zero-order valence-electron chi connectivity index (χ0n) is 8.89. The lowest BCUT2D eigenvalue weighted by atomic mass is 9.99. The molecule has 78 valence electrons. The van der Waals surface area contributed by atoms with Crippen LogP contribution in [0.1, 0.15) is 27.8 Å². The van der Waals surface area contributed by atoms with E-state index in [1.165, 1.54) is 0 Å². The average Bonchev–Trinajstić information content (AvgIpc) is 2.19. The first-order valence-electron chi connectivity index (χ1n) is 4.45. The van der Waals surface area contributed by atoms with Crippen LogP contribution in [0.2, 0.25) is 0 Å². The van der Waals surface area contributed by atoms with Gasteiger partial charge in [0.15, 0.2) is 5.56 Å². The van der Waals surface area contributed by atoms with Gasteiger partial charge in [-0.1, -0.05) is 17.7 Å². The van der Waals surface area contributed by atoms with Gasteiger partial charge < -0.3 is 9.84 Å². The number of rotatable bonds is 2. The van der Waals surface area contributed by atoms with Crippen LogP contribution in [-0.4, -0.2) is 12.2 Å². The van der Waals surface area contributed by atoms with Gasteiger partial charge in [0.1, 0.15) is 5.75 Å². The van der Waals surface area contributed by atoms with Gasteiger partial charge in [0.2, 0.25) is 0 Å². The molecule has 1 rings (SSSR count). The van der Waals surface area contributed by atoms with Crippen molar-refractivity contribution in [2.75, 3.05) is 7.11 Å². The maximum Gasteiger partial charge on any atom is 0.156 e. The highest BCUT2D eigenvalue weighted by atomic mass is 35.5. The molecule has 0 radical (unpaired) electrons. The first-order valence-corrected chi connectivity index (χ1v) is 4.89. The number of hydrogen-bond acceptors (Lipinski definition) is 2. The molecule has 1 unspecified atom stereocenters. The smallest absolute Gasteiger partial charge is 0.156 e. The molecule has 1 aromatic rings. The SMILES string of the molecule is COC(Cl)c1cc(C)c(C)c(O)c1C. The Labute approximate surface area is 89.5 Å². The third kappa shape index (κ3) is 1.86. The van der Waals surface area contributed by atoms with E-state index in [1.54, 1.807) is 7.11 Å². The van der Waals surface area contributed by atoms with E-state index in [-0.39, 0.29) is 0 Å². The van der Waals surface area contributed by atoms with E-state index in [0.29, 0.717) is 5.75 Å². The molecule has 0 aliphatic rings. The quantitative estimate of drug-likeness (QED) is 0.767. The lowest BCUT2D eigenvalue weighted by molar-refractivity contribution is 0.169. The van der Waals surface area contributed by atoms with Gasteiger partial charge in [-0.2, -0.15) is 0 Å². The highest BCUT2D eigenvalue weighted by molar-refractivity contribution is 6.20. The maximum atomic E-state index is 9.80. The van der Waals surface area contributed by atoms with E-state index >= 15 is 0 Å². The fraction of sp³-hybridized carbons (Fsp3) is 0.455. The monoisotopic (exact) mass is 214 g/mol. The summed E-state index contributed by atoms with van der Waals surface area (Å²) in [5.74, 6) is 0.308. The number of aromatic hydroxyl groups is 1. The lowest BCUT2D eigenvalue weighted by Crippen LogP contribution is -1.99. The summed E-state index contributed by atoms with van der Waals surface area (Å²) in [5, 5.41) is 9.80. The summed E-state index contributed by atoms with van der Waals surface area (Å²) in [6.07, 6.45) is 0. The van der Waals surface area contributed by atoms with Crippen LogP contribution in [0, 0.1) is 20.8 Å². The number of halogens is 1. The topological polar surface area (TPSA) is 29.5 Å². The molecule has 1 N–H and O–H groups in total. The number of alkyl halides is 1.